The van der Waals surface area contributed by atoms with Crippen molar-refractivity contribution in [2.75, 3.05) is 10.6 Å². The molecule has 7 nitrogen and oxygen atoms in total. The molecule has 0 aliphatic heterocycles. The molecule has 2 N–H and O–H groups in total. The van der Waals surface area contributed by atoms with Crippen LogP contribution in [0.3, 0.4) is 0 Å². The third kappa shape index (κ3) is 5.62. The van der Waals surface area contributed by atoms with Crippen LogP contribution in [0.4, 0.5) is 30.5 Å². The van der Waals surface area contributed by atoms with Crippen molar-refractivity contribution in [1.29, 1.82) is 0 Å². The number of nitrogens with zero attached hydrogens (tertiary/aromatic N) is 3. The van der Waals surface area contributed by atoms with Crippen molar-refractivity contribution in [3.05, 3.63) is 101 Å². The molecule has 5 aromatic rings. The first-order valence-electron chi connectivity index (χ1n) is 11.3. The summed E-state index contributed by atoms with van der Waals surface area (Å²) in [6.07, 6.45) is -3.13. The number of carbonyl (C=O) groups is 1. The van der Waals surface area contributed by atoms with Gasteiger partial charge in [-0.25, -0.2) is 4.98 Å². The van der Waals surface area contributed by atoms with Crippen molar-refractivity contribution in [2.24, 2.45) is 7.05 Å². The van der Waals surface area contributed by atoms with Gasteiger partial charge in [-0.3, -0.25) is 9.78 Å². The molecule has 0 atom stereocenters. The van der Waals surface area contributed by atoms with Gasteiger partial charge in [0.25, 0.3) is 5.91 Å². The molecule has 3 aromatic carbocycles. The van der Waals surface area contributed by atoms with Gasteiger partial charge >= 0.3 is 6.18 Å². The summed E-state index contributed by atoms with van der Waals surface area (Å²) in [6.45, 7) is 0. The van der Waals surface area contributed by atoms with Crippen LogP contribution in [0.5, 0.6) is 11.5 Å². The van der Waals surface area contributed by atoms with E-state index in [0.29, 0.717) is 23.0 Å². The van der Waals surface area contributed by atoms with Crippen LogP contribution in [-0.2, 0) is 13.2 Å². The molecule has 0 aliphatic rings. The highest BCUT2D eigenvalue weighted by molar-refractivity contribution is 9.10. The Bertz CT molecular complexity index is 1630. The van der Waals surface area contributed by atoms with Crippen LogP contribution >= 0.6 is 15.9 Å². The fourth-order valence-electron chi connectivity index (χ4n) is 3.72. The number of aryl methyl sites for hydroxylation is 1. The van der Waals surface area contributed by atoms with Crippen LogP contribution in [0.1, 0.15) is 16.1 Å². The first-order valence-corrected chi connectivity index (χ1v) is 12.1. The minimum absolute atomic E-state index is 0.00565. The standard InChI is InChI=1S/C27H19BrF3N5O2/c1-36-24-10-9-20(14-22(24)35-26(36)34-18-7-5-17(28)6-8-18)38-21-11-12-32-23(15-21)25(37)33-19-4-2-3-16(13-19)27(29,30)31/h2-15H,1H3,(H,33,37)(H,34,35). The summed E-state index contributed by atoms with van der Waals surface area (Å²) in [7, 11) is 1.90. The van der Waals surface area contributed by atoms with Gasteiger partial charge in [-0.2, -0.15) is 13.2 Å². The maximum absolute atomic E-state index is 13.0. The molecular formula is C27H19BrF3N5O2. The first kappa shape index (κ1) is 25.3. The van der Waals surface area contributed by atoms with Gasteiger partial charge in [0.2, 0.25) is 5.95 Å². The van der Waals surface area contributed by atoms with Gasteiger partial charge in [0.05, 0.1) is 16.6 Å². The van der Waals surface area contributed by atoms with Gasteiger partial charge < -0.3 is 19.9 Å². The van der Waals surface area contributed by atoms with Crippen LogP contribution in [-0.4, -0.2) is 20.4 Å². The number of amides is 1. The average molecular weight is 582 g/mol. The smallest absolute Gasteiger partial charge is 0.416 e. The van der Waals surface area contributed by atoms with Crippen LogP contribution in [0.2, 0.25) is 0 Å². The third-order valence-electron chi connectivity index (χ3n) is 5.60. The minimum Gasteiger partial charge on any atom is -0.457 e. The molecule has 0 fully saturated rings. The lowest BCUT2D eigenvalue weighted by molar-refractivity contribution is -0.137. The predicted molar refractivity (Wildman–Crippen MR) is 142 cm³/mol. The molecule has 2 aromatic heterocycles. The number of hydrogen-bond donors (Lipinski definition) is 2. The Morgan fingerprint density at radius 1 is 0.947 bits per heavy atom. The molecular weight excluding hydrogens is 563 g/mol. The van der Waals surface area contributed by atoms with E-state index in [2.05, 4.69) is 36.5 Å². The molecule has 0 radical (unpaired) electrons. The number of carbonyl (C=O) groups excluding carboxylic acids is 1. The highest BCUT2D eigenvalue weighted by Crippen LogP contribution is 2.31. The Kier molecular flexibility index (Phi) is 6.77. The number of rotatable bonds is 6. The molecule has 38 heavy (non-hydrogen) atoms. The van der Waals surface area contributed by atoms with Gasteiger partial charge in [-0.15, -0.1) is 0 Å². The quantitative estimate of drug-likeness (QED) is 0.216. The van der Waals surface area contributed by atoms with E-state index in [9.17, 15) is 18.0 Å². The number of alkyl halides is 3. The van der Waals surface area contributed by atoms with Gasteiger partial charge in [0, 0.05) is 41.2 Å². The largest absolute Gasteiger partial charge is 0.457 e. The minimum atomic E-state index is -4.52. The van der Waals surface area contributed by atoms with E-state index in [4.69, 9.17) is 4.74 Å². The second kappa shape index (κ2) is 10.2. The maximum atomic E-state index is 13.0. The van der Waals surface area contributed by atoms with E-state index in [1.54, 1.807) is 18.2 Å². The monoisotopic (exact) mass is 581 g/mol. The number of halogens is 4. The Morgan fingerprint density at radius 3 is 2.47 bits per heavy atom. The predicted octanol–water partition coefficient (Wildman–Crippen LogP) is 7.54. The number of anilines is 3. The van der Waals surface area contributed by atoms with Crippen LogP contribution in [0.15, 0.2) is 89.5 Å². The van der Waals surface area contributed by atoms with Crippen molar-refractivity contribution in [2.45, 2.75) is 6.18 Å². The number of ether oxygens (including phenoxy) is 1. The number of hydrogen-bond acceptors (Lipinski definition) is 5. The maximum Gasteiger partial charge on any atom is 0.416 e. The number of pyridine rings is 1. The molecule has 0 bridgehead atoms. The SMILES string of the molecule is Cn1c(Nc2ccc(Br)cc2)nc2cc(Oc3ccnc(C(=O)Nc4cccc(C(F)(F)F)c4)c3)ccc21. The second-order valence-electron chi connectivity index (χ2n) is 8.29. The zero-order valence-corrected chi connectivity index (χ0v) is 21.3. The Balaban J connectivity index is 1.32. The normalized spacial score (nSPS) is 11.4. The van der Waals surface area contributed by atoms with E-state index in [1.165, 1.54) is 24.4 Å². The van der Waals surface area contributed by atoms with Crippen molar-refractivity contribution in [3.8, 4) is 11.5 Å². The van der Waals surface area contributed by atoms with Crippen molar-refractivity contribution < 1.29 is 22.7 Å². The Labute approximate surface area is 223 Å². The Morgan fingerprint density at radius 2 is 1.71 bits per heavy atom. The van der Waals surface area contributed by atoms with Gasteiger partial charge in [0.1, 0.15) is 17.2 Å². The topological polar surface area (TPSA) is 81.1 Å². The fourth-order valence-corrected chi connectivity index (χ4v) is 3.98. The number of imidazole rings is 1. The summed E-state index contributed by atoms with van der Waals surface area (Å²) in [5.41, 5.74) is 1.59. The lowest BCUT2D eigenvalue weighted by Gasteiger charge is -2.10. The van der Waals surface area contributed by atoms with E-state index in [1.807, 2.05) is 41.9 Å². The first-order chi connectivity index (χ1) is 18.2. The third-order valence-corrected chi connectivity index (χ3v) is 6.13. The number of fused-ring (bicyclic) bond motifs is 1. The van der Waals surface area contributed by atoms with Crippen LogP contribution < -0.4 is 15.4 Å². The summed E-state index contributed by atoms with van der Waals surface area (Å²) in [5.74, 6) is 0.800. The molecule has 0 unspecified atom stereocenters. The lowest BCUT2D eigenvalue weighted by atomic mass is 10.2. The number of aromatic nitrogens is 3. The molecule has 0 aliphatic carbocycles. The van der Waals surface area contributed by atoms with Gasteiger partial charge in [-0.05, 0) is 60.7 Å². The van der Waals surface area contributed by atoms with E-state index in [-0.39, 0.29) is 11.4 Å². The summed E-state index contributed by atoms with van der Waals surface area (Å²) >= 11 is 3.42. The molecule has 0 saturated carbocycles. The van der Waals surface area contributed by atoms with Crippen LogP contribution in [0.25, 0.3) is 11.0 Å². The van der Waals surface area contributed by atoms with E-state index in [0.717, 1.165) is 27.8 Å². The molecule has 2 heterocycles. The van der Waals surface area contributed by atoms with E-state index >= 15 is 0 Å². The summed E-state index contributed by atoms with van der Waals surface area (Å²) in [5, 5.41) is 5.72. The zero-order chi connectivity index (χ0) is 26.9. The summed E-state index contributed by atoms with van der Waals surface area (Å²) in [6, 6.07) is 20.5. The molecule has 192 valence electrons. The molecule has 11 heteroatoms. The zero-order valence-electron chi connectivity index (χ0n) is 19.8. The van der Waals surface area contributed by atoms with Gasteiger partial charge in [-0.1, -0.05) is 22.0 Å². The summed E-state index contributed by atoms with van der Waals surface area (Å²) in [4.78, 5) is 21.3. The summed E-state index contributed by atoms with van der Waals surface area (Å²) < 4.78 is 47.7. The molecule has 0 saturated heterocycles. The molecule has 5 rings (SSSR count). The molecule has 0 spiro atoms. The van der Waals surface area contributed by atoms with E-state index < -0.39 is 17.6 Å². The fraction of sp³-hybridized carbons (Fsp3) is 0.0741. The molecule has 1 amide bonds. The highest BCUT2D eigenvalue weighted by atomic mass is 79.9. The van der Waals surface area contributed by atoms with Gasteiger partial charge in [0.15, 0.2) is 0 Å². The lowest BCUT2D eigenvalue weighted by Crippen LogP contribution is -2.14. The van der Waals surface area contributed by atoms with Crippen molar-refractivity contribution in [3.63, 3.8) is 0 Å². The highest BCUT2D eigenvalue weighted by Gasteiger charge is 2.30. The Hall–Kier alpha value is -4.38. The van der Waals surface area contributed by atoms with Crippen LogP contribution in [0, 0.1) is 0 Å². The second-order valence-corrected chi connectivity index (χ2v) is 9.20. The number of nitrogens with one attached hydrogen (secondary N) is 2. The van der Waals surface area contributed by atoms with Crippen molar-refractivity contribution in [1.82, 2.24) is 14.5 Å². The van der Waals surface area contributed by atoms with Crippen molar-refractivity contribution >= 4 is 50.2 Å². The number of benzene rings is 3. The average Bonchev–Trinajstić information content (AvgIpc) is 3.19.